The van der Waals surface area contributed by atoms with E-state index in [0.717, 1.165) is 4.47 Å². The zero-order chi connectivity index (χ0) is 15.3. The molecule has 0 radical (unpaired) electrons. The number of rotatable bonds is 7. The zero-order valence-corrected chi connectivity index (χ0v) is 13.7. The van der Waals surface area contributed by atoms with Gasteiger partial charge >= 0.3 is 5.97 Å². The molecule has 0 aliphatic heterocycles. The maximum atomic E-state index is 12.0. The van der Waals surface area contributed by atoms with Gasteiger partial charge < -0.3 is 5.11 Å². The number of carboxylic acid groups (broad SMARTS) is 1. The van der Waals surface area contributed by atoms with Crippen molar-refractivity contribution in [3.8, 4) is 0 Å². The number of halogens is 1. The molecule has 20 heavy (non-hydrogen) atoms. The van der Waals surface area contributed by atoms with Crippen LogP contribution in [0, 0.1) is 5.92 Å². The monoisotopic (exact) mass is 363 g/mol. The Labute approximate surface area is 127 Å². The largest absolute Gasteiger partial charge is 0.480 e. The molecule has 1 unspecified atom stereocenters. The Hall–Kier alpha value is -0.920. The van der Waals surface area contributed by atoms with Crippen LogP contribution in [0.1, 0.15) is 25.8 Å². The predicted octanol–water partition coefficient (Wildman–Crippen LogP) is 2.37. The van der Waals surface area contributed by atoms with Gasteiger partial charge in [-0.1, -0.05) is 41.9 Å². The van der Waals surface area contributed by atoms with E-state index >= 15 is 0 Å². The van der Waals surface area contributed by atoms with E-state index in [0.29, 0.717) is 5.56 Å². The molecular weight excluding hydrogens is 346 g/mol. The van der Waals surface area contributed by atoms with Gasteiger partial charge in [-0.2, -0.15) is 0 Å². The minimum absolute atomic E-state index is 0.0877. The molecule has 0 aliphatic rings. The van der Waals surface area contributed by atoms with Crippen molar-refractivity contribution in [2.45, 2.75) is 32.1 Å². The Morgan fingerprint density at radius 1 is 1.40 bits per heavy atom. The molecule has 1 rings (SSSR count). The van der Waals surface area contributed by atoms with Crippen molar-refractivity contribution in [3.63, 3.8) is 0 Å². The maximum absolute atomic E-state index is 12.0. The first-order valence-corrected chi connectivity index (χ1v) is 8.61. The smallest absolute Gasteiger partial charge is 0.321 e. The summed E-state index contributed by atoms with van der Waals surface area (Å²) in [6, 6.07) is 5.81. The van der Waals surface area contributed by atoms with Crippen LogP contribution in [-0.2, 0) is 20.6 Å². The van der Waals surface area contributed by atoms with Crippen LogP contribution in [0.2, 0.25) is 0 Å². The molecule has 0 fully saturated rings. The molecule has 0 heterocycles. The lowest BCUT2D eigenvalue weighted by molar-refractivity contribution is -0.139. The van der Waals surface area contributed by atoms with Crippen LogP contribution in [0.25, 0.3) is 0 Å². The van der Waals surface area contributed by atoms with Gasteiger partial charge in [0.25, 0.3) is 0 Å². The van der Waals surface area contributed by atoms with E-state index in [4.69, 9.17) is 5.11 Å². The number of carbonyl (C=O) groups is 1. The number of hydrogen-bond acceptors (Lipinski definition) is 3. The van der Waals surface area contributed by atoms with E-state index in [1.165, 1.54) is 0 Å². The summed E-state index contributed by atoms with van der Waals surface area (Å²) in [6.45, 7) is 3.69. The Balaban J connectivity index is 2.80. The summed E-state index contributed by atoms with van der Waals surface area (Å²) in [7, 11) is -3.69. The Bertz CT molecular complexity index is 571. The van der Waals surface area contributed by atoms with Gasteiger partial charge in [0.2, 0.25) is 10.0 Å². The van der Waals surface area contributed by atoms with Crippen LogP contribution in [0.5, 0.6) is 0 Å². The molecule has 112 valence electrons. The van der Waals surface area contributed by atoms with Crippen molar-refractivity contribution in [2.24, 2.45) is 5.92 Å². The fourth-order valence-corrected chi connectivity index (χ4v) is 3.55. The summed E-state index contributed by atoms with van der Waals surface area (Å²) >= 11 is 3.27. The van der Waals surface area contributed by atoms with E-state index in [2.05, 4.69) is 20.7 Å². The number of aliphatic carboxylic acids is 1. The third-order valence-electron chi connectivity index (χ3n) is 2.57. The normalized spacial score (nSPS) is 13.4. The van der Waals surface area contributed by atoms with Gasteiger partial charge in [0.1, 0.15) is 6.04 Å². The second kappa shape index (κ2) is 7.19. The average molecular weight is 364 g/mol. The highest BCUT2D eigenvalue weighted by atomic mass is 79.9. The van der Waals surface area contributed by atoms with E-state index in [-0.39, 0.29) is 18.1 Å². The van der Waals surface area contributed by atoms with Crippen molar-refractivity contribution in [1.29, 1.82) is 0 Å². The second-order valence-electron chi connectivity index (χ2n) is 5.03. The highest BCUT2D eigenvalue weighted by molar-refractivity contribution is 9.10. The lowest BCUT2D eigenvalue weighted by atomic mass is 10.1. The fraction of sp³-hybridized carbons (Fsp3) is 0.462. The van der Waals surface area contributed by atoms with Crippen LogP contribution in [0.3, 0.4) is 0 Å². The van der Waals surface area contributed by atoms with Gasteiger partial charge in [-0.3, -0.25) is 4.79 Å². The molecule has 5 nitrogen and oxygen atoms in total. The lowest BCUT2D eigenvalue weighted by Gasteiger charge is -2.16. The maximum Gasteiger partial charge on any atom is 0.321 e. The van der Waals surface area contributed by atoms with Gasteiger partial charge in [0.05, 0.1) is 5.75 Å². The van der Waals surface area contributed by atoms with Crippen molar-refractivity contribution >= 4 is 31.9 Å². The predicted molar refractivity (Wildman–Crippen MR) is 80.8 cm³/mol. The van der Waals surface area contributed by atoms with Gasteiger partial charge in [-0.15, -0.1) is 0 Å². The average Bonchev–Trinajstić information content (AvgIpc) is 2.26. The SMILES string of the molecule is CC(C)CC(NS(=O)(=O)Cc1cccc(Br)c1)C(=O)O. The van der Waals surface area contributed by atoms with Crippen LogP contribution < -0.4 is 4.72 Å². The summed E-state index contributed by atoms with van der Waals surface area (Å²) in [5.41, 5.74) is 0.598. The summed E-state index contributed by atoms with van der Waals surface area (Å²) in [5.74, 6) is -1.31. The third-order valence-corrected chi connectivity index (χ3v) is 4.42. The first kappa shape index (κ1) is 17.1. The van der Waals surface area contributed by atoms with Gasteiger partial charge in [-0.05, 0) is 30.0 Å². The molecule has 1 atom stereocenters. The van der Waals surface area contributed by atoms with E-state index < -0.39 is 22.0 Å². The molecule has 1 aromatic carbocycles. The molecule has 1 aromatic rings. The topological polar surface area (TPSA) is 83.5 Å². The molecule has 0 amide bonds. The van der Waals surface area contributed by atoms with Gasteiger partial charge in [0, 0.05) is 4.47 Å². The van der Waals surface area contributed by atoms with Crippen molar-refractivity contribution in [1.82, 2.24) is 4.72 Å². The molecule has 2 N–H and O–H groups in total. The number of benzene rings is 1. The number of carboxylic acids is 1. The van der Waals surface area contributed by atoms with Crippen LogP contribution in [0.15, 0.2) is 28.7 Å². The minimum Gasteiger partial charge on any atom is -0.480 e. The molecule has 0 bridgehead atoms. The van der Waals surface area contributed by atoms with Gasteiger partial charge in [0.15, 0.2) is 0 Å². The zero-order valence-electron chi connectivity index (χ0n) is 11.3. The summed E-state index contributed by atoms with van der Waals surface area (Å²) in [6.07, 6.45) is 0.257. The van der Waals surface area contributed by atoms with E-state index in [1.807, 2.05) is 13.8 Å². The molecule has 0 saturated carbocycles. The second-order valence-corrected chi connectivity index (χ2v) is 7.70. The van der Waals surface area contributed by atoms with Crippen LogP contribution in [-0.4, -0.2) is 25.5 Å². The molecule has 0 saturated heterocycles. The Morgan fingerprint density at radius 2 is 2.05 bits per heavy atom. The van der Waals surface area contributed by atoms with E-state index in [1.54, 1.807) is 24.3 Å². The molecule has 0 aliphatic carbocycles. The minimum atomic E-state index is -3.69. The lowest BCUT2D eigenvalue weighted by Crippen LogP contribution is -2.42. The number of nitrogens with one attached hydrogen (secondary N) is 1. The summed E-state index contributed by atoms with van der Waals surface area (Å²) in [5, 5.41) is 9.06. The summed E-state index contributed by atoms with van der Waals surface area (Å²) < 4.78 is 27.1. The Kier molecular flexibility index (Phi) is 6.16. The molecular formula is C13H18BrNO4S. The van der Waals surface area contributed by atoms with Crippen molar-refractivity contribution < 1.29 is 18.3 Å². The molecule has 0 spiro atoms. The van der Waals surface area contributed by atoms with Gasteiger partial charge in [-0.25, -0.2) is 13.1 Å². The van der Waals surface area contributed by atoms with E-state index in [9.17, 15) is 13.2 Å². The fourth-order valence-electron chi connectivity index (χ4n) is 1.78. The number of hydrogen-bond donors (Lipinski definition) is 2. The first-order valence-electron chi connectivity index (χ1n) is 6.17. The van der Waals surface area contributed by atoms with Crippen LogP contribution >= 0.6 is 15.9 Å². The summed E-state index contributed by atoms with van der Waals surface area (Å²) in [4.78, 5) is 11.1. The third kappa shape index (κ3) is 6.02. The standard InChI is InChI=1S/C13H18BrNO4S/c1-9(2)6-12(13(16)17)15-20(18,19)8-10-4-3-5-11(14)7-10/h3-5,7,9,12,15H,6,8H2,1-2H3,(H,16,17). The van der Waals surface area contributed by atoms with Crippen molar-refractivity contribution in [2.75, 3.05) is 0 Å². The first-order chi connectivity index (χ1) is 9.19. The highest BCUT2D eigenvalue weighted by Crippen LogP contribution is 2.14. The Morgan fingerprint density at radius 3 is 2.55 bits per heavy atom. The molecule has 0 aromatic heterocycles. The number of sulfonamides is 1. The van der Waals surface area contributed by atoms with Crippen LogP contribution in [0.4, 0.5) is 0 Å². The quantitative estimate of drug-likeness (QED) is 0.778. The molecule has 7 heteroatoms. The van der Waals surface area contributed by atoms with Crippen molar-refractivity contribution in [3.05, 3.63) is 34.3 Å². The highest BCUT2D eigenvalue weighted by Gasteiger charge is 2.24.